The van der Waals surface area contributed by atoms with Crippen molar-refractivity contribution in [3.8, 4) is 11.6 Å². The third kappa shape index (κ3) is 3.46. The Kier molecular flexibility index (Phi) is 4.68. The average Bonchev–Trinajstić information content (AvgIpc) is 3.09. The van der Waals surface area contributed by atoms with Crippen LogP contribution >= 0.6 is 11.6 Å². The number of hydrogen-bond donors (Lipinski definition) is 0. The molecule has 130 valence electrons. The van der Waals surface area contributed by atoms with Crippen molar-refractivity contribution in [2.45, 2.75) is 27.7 Å². The van der Waals surface area contributed by atoms with E-state index in [4.69, 9.17) is 20.9 Å². The molecule has 25 heavy (non-hydrogen) atoms. The Hall–Kier alpha value is -2.53. The summed E-state index contributed by atoms with van der Waals surface area (Å²) in [5.74, 6) is 1.95. The molecule has 0 N–H and O–H groups in total. The molecule has 0 saturated heterocycles. The number of ketones is 1. The van der Waals surface area contributed by atoms with E-state index in [0.29, 0.717) is 22.2 Å². The fourth-order valence-electron chi connectivity index (χ4n) is 2.85. The Morgan fingerprint density at radius 2 is 1.96 bits per heavy atom. The van der Waals surface area contributed by atoms with Crippen molar-refractivity contribution in [1.82, 2.24) is 9.72 Å². The number of nitrogens with zero attached hydrogens (tertiary/aromatic N) is 2. The number of aryl methyl sites for hydroxylation is 3. The SMILES string of the molecule is Cc1cc(-n2c(C)cc(C(=O)COc3ccc(Cl)cc3C)c2C)no1. The highest BCUT2D eigenvalue weighted by atomic mass is 35.5. The molecule has 0 aliphatic rings. The first kappa shape index (κ1) is 17.3. The maximum atomic E-state index is 12.6. The molecule has 3 rings (SSSR count). The molecule has 2 heterocycles. The van der Waals surface area contributed by atoms with Gasteiger partial charge in [-0.25, -0.2) is 0 Å². The van der Waals surface area contributed by atoms with Crippen LogP contribution in [0, 0.1) is 27.7 Å². The fraction of sp³-hybridized carbons (Fsp3) is 0.263. The van der Waals surface area contributed by atoms with Crippen molar-refractivity contribution in [3.63, 3.8) is 0 Å². The summed E-state index contributed by atoms with van der Waals surface area (Å²) in [5, 5.41) is 4.67. The zero-order valence-electron chi connectivity index (χ0n) is 14.6. The van der Waals surface area contributed by atoms with Crippen LogP contribution in [0.15, 0.2) is 34.9 Å². The lowest BCUT2D eigenvalue weighted by Crippen LogP contribution is -2.13. The van der Waals surface area contributed by atoms with Gasteiger partial charge in [0.05, 0.1) is 0 Å². The number of benzene rings is 1. The van der Waals surface area contributed by atoms with Crippen molar-refractivity contribution in [2.75, 3.05) is 6.61 Å². The Morgan fingerprint density at radius 3 is 2.60 bits per heavy atom. The van der Waals surface area contributed by atoms with Crippen LogP contribution in [-0.2, 0) is 0 Å². The smallest absolute Gasteiger partial charge is 0.202 e. The topological polar surface area (TPSA) is 57.3 Å². The highest BCUT2D eigenvalue weighted by Gasteiger charge is 2.19. The van der Waals surface area contributed by atoms with E-state index < -0.39 is 0 Å². The van der Waals surface area contributed by atoms with Crippen LogP contribution in [0.5, 0.6) is 5.75 Å². The minimum atomic E-state index is -0.0890. The lowest BCUT2D eigenvalue weighted by atomic mass is 10.1. The number of carbonyl (C=O) groups excluding carboxylic acids is 1. The predicted molar refractivity (Wildman–Crippen MR) is 96.1 cm³/mol. The third-order valence-corrected chi connectivity index (χ3v) is 4.31. The summed E-state index contributed by atoms with van der Waals surface area (Å²) in [7, 11) is 0. The summed E-state index contributed by atoms with van der Waals surface area (Å²) >= 11 is 5.94. The van der Waals surface area contributed by atoms with Crippen LogP contribution in [-0.4, -0.2) is 22.1 Å². The van der Waals surface area contributed by atoms with Crippen molar-refractivity contribution < 1.29 is 14.1 Å². The number of rotatable bonds is 5. The molecule has 3 aromatic rings. The normalized spacial score (nSPS) is 10.9. The number of aromatic nitrogens is 2. The molecular formula is C19H19ClN2O3. The van der Waals surface area contributed by atoms with Gasteiger partial charge in [-0.1, -0.05) is 16.8 Å². The molecule has 2 aromatic heterocycles. The van der Waals surface area contributed by atoms with E-state index in [-0.39, 0.29) is 12.4 Å². The van der Waals surface area contributed by atoms with E-state index in [2.05, 4.69) is 5.16 Å². The van der Waals surface area contributed by atoms with Crippen LogP contribution in [0.2, 0.25) is 5.02 Å². The fourth-order valence-corrected chi connectivity index (χ4v) is 3.08. The minimum absolute atomic E-state index is 0.0371. The number of Topliss-reactive ketones (excluding diaryl/α,β-unsaturated/α-hetero) is 1. The van der Waals surface area contributed by atoms with Gasteiger partial charge < -0.3 is 9.26 Å². The second kappa shape index (κ2) is 6.76. The Bertz CT molecular complexity index is 940. The molecule has 0 aliphatic heterocycles. The zero-order chi connectivity index (χ0) is 18.1. The number of hydrogen-bond acceptors (Lipinski definition) is 4. The quantitative estimate of drug-likeness (QED) is 0.625. The lowest BCUT2D eigenvalue weighted by Gasteiger charge is -2.09. The third-order valence-electron chi connectivity index (χ3n) is 4.07. The van der Waals surface area contributed by atoms with Gasteiger partial charge in [-0.3, -0.25) is 9.36 Å². The summed E-state index contributed by atoms with van der Waals surface area (Å²) in [6.45, 7) is 7.50. The first-order chi connectivity index (χ1) is 11.9. The van der Waals surface area contributed by atoms with Crippen LogP contribution in [0.25, 0.3) is 5.82 Å². The second-order valence-corrected chi connectivity index (χ2v) is 6.47. The van der Waals surface area contributed by atoms with E-state index in [0.717, 1.165) is 22.7 Å². The van der Waals surface area contributed by atoms with Crippen molar-refractivity contribution in [1.29, 1.82) is 0 Å². The molecule has 5 nitrogen and oxygen atoms in total. The first-order valence-corrected chi connectivity index (χ1v) is 8.29. The molecule has 0 amide bonds. The lowest BCUT2D eigenvalue weighted by molar-refractivity contribution is 0.0920. The number of halogens is 1. The molecule has 0 atom stereocenters. The summed E-state index contributed by atoms with van der Waals surface area (Å²) < 4.78 is 12.7. The summed E-state index contributed by atoms with van der Waals surface area (Å²) in [6, 6.07) is 9.00. The Morgan fingerprint density at radius 1 is 1.20 bits per heavy atom. The monoisotopic (exact) mass is 358 g/mol. The summed E-state index contributed by atoms with van der Waals surface area (Å²) in [6.07, 6.45) is 0. The molecule has 0 radical (unpaired) electrons. The van der Waals surface area contributed by atoms with Crippen LogP contribution in [0.1, 0.15) is 33.1 Å². The van der Waals surface area contributed by atoms with Gasteiger partial charge in [-0.05, 0) is 57.5 Å². The van der Waals surface area contributed by atoms with Crippen molar-refractivity contribution in [3.05, 3.63) is 63.6 Å². The highest BCUT2D eigenvalue weighted by Crippen LogP contribution is 2.24. The molecule has 6 heteroatoms. The van der Waals surface area contributed by atoms with E-state index in [9.17, 15) is 4.79 Å². The molecule has 0 fully saturated rings. The number of carbonyl (C=O) groups is 1. The summed E-state index contributed by atoms with van der Waals surface area (Å²) in [4.78, 5) is 12.6. The van der Waals surface area contributed by atoms with Gasteiger partial charge in [0.15, 0.2) is 12.4 Å². The second-order valence-electron chi connectivity index (χ2n) is 6.04. The largest absolute Gasteiger partial charge is 0.485 e. The van der Waals surface area contributed by atoms with Gasteiger partial charge in [0.25, 0.3) is 0 Å². The maximum absolute atomic E-state index is 12.6. The maximum Gasteiger partial charge on any atom is 0.202 e. The molecule has 0 unspecified atom stereocenters. The first-order valence-electron chi connectivity index (χ1n) is 7.91. The predicted octanol–water partition coefficient (Wildman–Crippen LogP) is 4.61. The standard InChI is InChI=1S/C19H19ClN2O3/c1-11-7-15(20)5-6-18(11)24-10-17(23)16-8-12(2)22(14(16)4)19-9-13(3)25-21-19/h5-9H,10H2,1-4H3. The van der Waals surface area contributed by atoms with E-state index in [1.54, 1.807) is 18.2 Å². The molecular weight excluding hydrogens is 340 g/mol. The molecule has 0 bridgehead atoms. The molecule has 0 saturated carbocycles. The van der Waals surface area contributed by atoms with Crippen LogP contribution in [0.3, 0.4) is 0 Å². The zero-order valence-corrected chi connectivity index (χ0v) is 15.3. The van der Waals surface area contributed by atoms with Gasteiger partial charge in [0.1, 0.15) is 11.5 Å². The van der Waals surface area contributed by atoms with Crippen LogP contribution < -0.4 is 4.74 Å². The van der Waals surface area contributed by atoms with Gasteiger partial charge in [0.2, 0.25) is 5.78 Å². The average molecular weight is 359 g/mol. The van der Waals surface area contributed by atoms with Gasteiger partial charge >= 0.3 is 0 Å². The van der Waals surface area contributed by atoms with Crippen molar-refractivity contribution in [2.24, 2.45) is 0 Å². The molecule has 0 aliphatic carbocycles. The Labute approximate surface area is 151 Å². The van der Waals surface area contributed by atoms with E-state index in [1.807, 2.05) is 44.4 Å². The van der Waals surface area contributed by atoms with Crippen molar-refractivity contribution >= 4 is 17.4 Å². The van der Waals surface area contributed by atoms with Gasteiger partial charge in [-0.15, -0.1) is 0 Å². The summed E-state index contributed by atoms with van der Waals surface area (Å²) in [5.41, 5.74) is 3.23. The van der Waals surface area contributed by atoms with Crippen LogP contribution in [0.4, 0.5) is 0 Å². The van der Waals surface area contributed by atoms with E-state index >= 15 is 0 Å². The van der Waals surface area contributed by atoms with Gasteiger partial charge in [-0.2, -0.15) is 0 Å². The Balaban J connectivity index is 1.81. The van der Waals surface area contributed by atoms with Gasteiger partial charge in [0, 0.05) is 28.0 Å². The minimum Gasteiger partial charge on any atom is -0.485 e. The molecule has 0 spiro atoms. The highest BCUT2D eigenvalue weighted by molar-refractivity contribution is 6.30. The number of ether oxygens (including phenoxy) is 1. The van der Waals surface area contributed by atoms with E-state index in [1.165, 1.54) is 0 Å². The molecule has 1 aromatic carbocycles.